The largest absolute Gasteiger partial charge is 0.303 e. The van der Waals surface area contributed by atoms with Crippen LogP contribution >= 0.6 is 0 Å². The molecule has 0 saturated carbocycles. The van der Waals surface area contributed by atoms with Crippen molar-refractivity contribution >= 4 is 10.0 Å². The van der Waals surface area contributed by atoms with Gasteiger partial charge >= 0.3 is 0 Å². The lowest BCUT2D eigenvalue weighted by Crippen LogP contribution is -2.46. The summed E-state index contributed by atoms with van der Waals surface area (Å²) in [7, 11) is -3.44. The van der Waals surface area contributed by atoms with Gasteiger partial charge in [-0.05, 0) is 92.0 Å². The standard InChI is InChI=1S/C30H35FN2O2S/c31-29-12-10-24(11-13-29)20-25-14-17-32(18-15-25)19-16-30-21-27-8-4-5-9-28(27)22-33(30)36(34,35)23-26-6-2-1-3-7-26/h1-13,25,30H,14-23H2. The molecule has 2 aliphatic rings. The highest BCUT2D eigenvalue weighted by molar-refractivity contribution is 7.88. The molecule has 1 atom stereocenters. The number of hydrogen-bond donors (Lipinski definition) is 0. The summed E-state index contributed by atoms with van der Waals surface area (Å²) in [6, 6.07) is 24.6. The predicted molar refractivity (Wildman–Crippen MR) is 142 cm³/mol. The molecule has 0 aliphatic carbocycles. The van der Waals surface area contributed by atoms with Crippen LogP contribution in [-0.2, 0) is 35.2 Å². The van der Waals surface area contributed by atoms with E-state index in [9.17, 15) is 12.8 Å². The minimum absolute atomic E-state index is 0.0226. The van der Waals surface area contributed by atoms with E-state index in [-0.39, 0.29) is 17.6 Å². The quantitative estimate of drug-likeness (QED) is 0.409. The second-order valence-electron chi connectivity index (χ2n) is 10.3. The van der Waals surface area contributed by atoms with Crippen molar-refractivity contribution in [3.05, 3.63) is 107 Å². The number of sulfonamides is 1. The third-order valence-corrected chi connectivity index (χ3v) is 9.62. The Balaban J connectivity index is 1.21. The zero-order chi connectivity index (χ0) is 25.0. The molecular formula is C30H35FN2O2S. The molecule has 0 bridgehead atoms. The fourth-order valence-corrected chi connectivity index (χ4v) is 7.45. The summed E-state index contributed by atoms with van der Waals surface area (Å²) in [5.41, 5.74) is 4.42. The lowest BCUT2D eigenvalue weighted by atomic mass is 9.89. The third kappa shape index (κ3) is 6.23. The molecule has 0 amide bonds. The van der Waals surface area contributed by atoms with Crippen LogP contribution in [-0.4, -0.2) is 43.3 Å². The smallest absolute Gasteiger partial charge is 0.218 e. The number of nitrogens with zero attached hydrogens (tertiary/aromatic N) is 2. The molecule has 5 rings (SSSR count). The minimum atomic E-state index is -3.44. The normalized spacial score (nSPS) is 19.8. The summed E-state index contributed by atoms with van der Waals surface area (Å²) >= 11 is 0. The molecule has 2 heterocycles. The Bertz CT molecular complexity index is 1240. The van der Waals surface area contributed by atoms with Crippen molar-refractivity contribution in [2.45, 2.75) is 50.4 Å². The highest BCUT2D eigenvalue weighted by Crippen LogP contribution is 2.30. The fraction of sp³-hybridized carbons (Fsp3) is 0.400. The summed E-state index contributed by atoms with van der Waals surface area (Å²) in [4.78, 5) is 2.49. The van der Waals surface area contributed by atoms with Crippen molar-refractivity contribution in [1.29, 1.82) is 0 Å². The van der Waals surface area contributed by atoms with E-state index in [1.165, 1.54) is 11.1 Å². The van der Waals surface area contributed by atoms with Crippen LogP contribution < -0.4 is 0 Å². The molecule has 190 valence electrons. The number of piperidine rings is 1. The SMILES string of the molecule is O=S(=O)(Cc1ccccc1)N1Cc2ccccc2CC1CCN1CCC(Cc2ccc(F)cc2)CC1. The molecule has 1 fully saturated rings. The van der Waals surface area contributed by atoms with Crippen LogP contribution in [0.25, 0.3) is 0 Å². The van der Waals surface area contributed by atoms with Gasteiger partial charge < -0.3 is 4.90 Å². The molecule has 0 aromatic heterocycles. The van der Waals surface area contributed by atoms with E-state index >= 15 is 0 Å². The first kappa shape index (κ1) is 25.1. The number of benzene rings is 3. The van der Waals surface area contributed by atoms with Gasteiger partial charge in [0.25, 0.3) is 0 Å². The summed E-state index contributed by atoms with van der Waals surface area (Å²) in [6.45, 7) is 3.43. The molecule has 2 aliphatic heterocycles. The Morgan fingerprint density at radius 1 is 0.806 bits per heavy atom. The first-order valence-corrected chi connectivity index (χ1v) is 14.6. The minimum Gasteiger partial charge on any atom is -0.303 e. The molecule has 3 aromatic carbocycles. The molecule has 0 radical (unpaired) electrons. The van der Waals surface area contributed by atoms with Crippen molar-refractivity contribution in [1.82, 2.24) is 9.21 Å². The highest BCUT2D eigenvalue weighted by atomic mass is 32.2. The average molecular weight is 507 g/mol. The van der Waals surface area contributed by atoms with Crippen LogP contribution in [0, 0.1) is 11.7 Å². The summed E-state index contributed by atoms with van der Waals surface area (Å²) in [5, 5.41) is 0. The molecule has 4 nitrogen and oxygen atoms in total. The van der Waals surface area contributed by atoms with Crippen LogP contribution in [0.2, 0.25) is 0 Å². The van der Waals surface area contributed by atoms with E-state index in [1.54, 1.807) is 16.4 Å². The van der Waals surface area contributed by atoms with Gasteiger partial charge in [0.15, 0.2) is 0 Å². The van der Waals surface area contributed by atoms with Crippen LogP contribution in [0.5, 0.6) is 0 Å². The number of hydrogen-bond acceptors (Lipinski definition) is 3. The fourth-order valence-electron chi connectivity index (χ4n) is 5.70. The maximum absolute atomic E-state index is 13.6. The van der Waals surface area contributed by atoms with Crippen LogP contribution in [0.4, 0.5) is 4.39 Å². The van der Waals surface area contributed by atoms with Gasteiger partial charge in [0.2, 0.25) is 10.0 Å². The van der Waals surface area contributed by atoms with Gasteiger partial charge in [0.05, 0.1) is 5.75 Å². The molecule has 1 unspecified atom stereocenters. The molecule has 6 heteroatoms. The zero-order valence-electron chi connectivity index (χ0n) is 20.7. The molecule has 0 spiro atoms. The zero-order valence-corrected chi connectivity index (χ0v) is 21.5. The first-order chi connectivity index (χ1) is 17.5. The average Bonchev–Trinajstić information content (AvgIpc) is 2.89. The highest BCUT2D eigenvalue weighted by Gasteiger charge is 2.35. The number of likely N-dealkylation sites (tertiary alicyclic amines) is 1. The first-order valence-electron chi connectivity index (χ1n) is 13.0. The Labute approximate surface area is 214 Å². The van der Waals surface area contributed by atoms with E-state index in [0.29, 0.717) is 12.5 Å². The molecule has 1 saturated heterocycles. The maximum Gasteiger partial charge on any atom is 0.218 e. The van der Waals surface area contributed by atoms with Crippen molar-refractivity contribution in [3.63, 3.8) is 0 Å². The summed E-state index contributed by atoms with van der Waals surface area (Å²) in [5.74, 6) is 0.483. The monoisotopic (exact) mass is 506 g/mol. The molecule has 36 heavy (non-hydrogen) atoms. The second kappa shape index (κ2) is 11.2. The van der Waals surface area contributed by atoms with E-state index in [1.807, 2.05) is 48.5 Å². The topological polar surface area (TPSA) is 40.6 Å². The van der Waals surface area contributed by atoms with Gasteiger partial charge in [-0.3, -0.25) is 0 Å². The van der Waals surface area contributed by atoms with Crippen LogP contribution in [0.3, 0.4) is 0 Å². The number of fused-ring (bicyclic) bond motifs is 1. The van der Waals surface area contributed by atoms with E-state index in [4.69, 9.17) is 0 Å². The van der Waals surface area contributed by atoms with Gasteiger partial charge in [-0.1, -0.05) is 66.7 Å². The Morgan fingerprint density at radius 2 is 1.47 bits per heavy atom. The third-order valence-electron chi connectivity index (χ3n) is 7.78. The van der Waals surface area contributed by atoms with E-state index in [2.05, 4.69) is 23.1 Å². The van der Waals surface area contributed by atoms with Crippen molar-refractivity contribution < 1.29 is 12.8 Å². The van der Waals surface area contributed by atoms with Gasteiger partial charge in [0, 0.05) is 12.6 Å². The molecular weight excluding hydrogens is 471 g/mol. The van der Waals surface area contributed by atoms with Gasteiger partial charge in [-0.25, -0.2) is 12.8 Å². The van der Waals surface area contributed by atoms with Crippen LogP contribution in [0.15, 0.2) is 78.9 Å². The van der Waals surface area contributed by atoms with Gasteiger partial charge in [0.1, 0.15) is 5.82 Å². The Kier molecular flexibility index (Phi) is 7.85. The van der Waals surface area contributed by atoms with E-state index < -0.39 is 10.0 Å². The van der Waals surface area contributed by atoms with Gasteiger partial charge in [-0.15, -0.1) is 0 Å². The second-order valence-corrected chi connectivity index (χ2v) is 12.2. The Hall–Kier alpha value is -2.54. The maximum atomic E-state index is 13.6. The summed E-state index contributed by atoms with van der Waals surface area (Å²) in [6.07, 6.45) is 4.86. The lowest BCUT2D eigenvalue weighted by Gasteiger charge is -2.38. The van der Waals surface area contributed by atoms with Crippen molar-refractivity contribution in [2.75, 3.05) is 19.6 Å². The van der Waals surface area contributed by atoms with Crippen molar-refractivity contribution in [2.24, 2.45) is 5.92 Å². The van der Waals surface area contributed by atoms with Crippen LogP contribution in [0.1, 0.15) is 41.5 Å². The molecule has 0 N–H and O–H groups in total. The lowest BCUT2D eigenvalue weighted by molar-refractivity contribution is 0.163. The summed E-state index contributed by atoms with van der Waals surface area (Å²) < 4.78 is 42.1. The number of halogens is 1. The van der Waals surface area contributed by atoms with E-state index in [0.717, 1.165) is 62.9 Å². The molecule has 3 aromatic rings. The number of rotatable bonds is 8. The Morgan fingerprint density at radius 3 is 2.19 bits per heavy atom. The van der Waals surface area contributed by atoms with Crippen molar-refractivity contribution in [3.8, 4) is 0 Å². The predicted octanol–water partition coefficient (Wildman–Crippen LogP) is 5.43. The van der Waals surface area contributed by atoms with Gasteiger partial charge in [-0.2, -0.15) is 4.31 Å².